The van der Waals surface area contributed by atoms with E-state index in [4.69, 9.17) is 4.74 Å². The Morgan fingerprint density at radius 1 is 1.15 bits per heavy atom. The summed E-state index contributed by atoms with van der Waals surface area (Å²) in [5, 5.41) is 24.7. The maximum atomic E-state index is 12.9. The van der Waals surface area contributed by atoms with Crippen LogP contribution in [0.15, 0.2) is 60.8 Å². The molecule has 40 heavy (non-hydrogen) atoms. The molecule has 1 saturated heterocycles. The lowest BCUT2D eigenvalue weighted by Gasteiger charge is -2.41. The maximum Gasteiger partial charge on any atom is 0.246 e. The number of aliphatic hydroxyl groups is 1. The first-order valence-electron chi connectivity index (χ1n) is 15.0. The van der Waals surface area contributed by atoms with Crippen LogP contribution in [0.4, 0.5) is 0 Å². The average molecular weight is 548 g/mol. The Morgan fingerprint density at radius 2 is 1.93 bits per heavy atom. The monoisotopic (exact) mass is 547 g/mol. The normalized spacial score (nSPS) is 21.6. The van der Waals surface area contributed by atoms with Crippen LogP contribution in [-0.4, -0.2) is 66.5 Å². The molecule has 3 atom stereocenters. The number of rotatable bonds is 11. The molecule has 1 saturated carbocycles. The number of fused-ring (bicyclic) bond motifs is 1. The molecule has 0 aromatic heterocycles. The van der Waals surface area contributed by atoms with Crippen molar-refractivity contribution in [2.45, 2.75) is 75.9 Å². The van der Waals surface area contributed by atoms with E-state index in [0.717, 1.165) is 63.2 Å². The van der Waals surface area contributed by atoms with Crippen molar-refractivity contribution in [3.05, 3.63) is 77.5 Å². The molecule has 0 radical (unpaired) electrons. The van der Waals surface area contributed by atoms with Gasteiger partial charge in [0, 0.05) is 69.6 Å². The molecule has 8 heteroatoms. The number of hydrogen-bond donors (Lipinski definition) is 5. The zero-order valence-electron chi connectivity index (χ0n) is 23.7. The van der Waals surface area contributed by atoms with Crippen LogP contribution >= 0.6 is 0 Å². The van der Waals surface area contributed by atoms with Crippen molar-refractivity contribution >= 4 is 5.91 Å². The highest BCUT2D eigenvalue weighted by atomic mass is 16.5. The van der Waals surface area contributed by atoms with Crippen molar-refractivity contribution in [3.63, 3.8) is 0 Å². The van der Waals surface area contributed by atoms with Crippen LogP contribution in [0, 0.1) is 0 Å². The number of piperazine rings is 1. The van der Waals surface area contributed by atoms with Gasteiger partial charge in [0.15, 0.2) is 0 Å². The van der Waals surface area contributed by atoms with Crippen molar-refractivity contribution in [3.8, 4) is 5.75 Å². The van der Waals surface area contributed by atoms with Crippen molar-refractivity contribution in [2.75, 3.05) is 32.7 Å². The van der Waals surface area contributed by atoms with Crippen LogP contribution in [0.1, 0.15) is 61.8 Å². The lowest BCUT2D eigenvalue weighted by Crippen LogP contribution is -2.55. The van der Waals surface area contributed by atoms with Crippen molar-refractivity contribution in [1.29, 1.82) is 0 Å². The van der Waals surface area contributed by atoms with E-state index in [0.29, 0.717) is 13.1 Å². The van der Waals surface area contributed by atoms with Crippen LogP contribution in [0.2, 0.25) is 0 Å². The molecule has 5 N–H and O–H groups in total. The lowest BCUT2D eigenvalue weighted by atomic mass is 9.85. The third-order valence-electron chi connectivity index (χ3n) is 8.49. The Kier molecular flexibility index (Phi) is 9.75. The Balaban J connectivity index is 1.26. The van der Waals surface area contributed by atoms with Gasteiger partial charge in [-0.3, -0.25) is 10.1 Å². The fourth-order valence-electron chi connectivity index (χ4n) is 6.14. The molecular formula is C32H45N5O3. The number of hydrogen-bond acceptors (Lipinski definition) is 7. The van der Waals surface area contributed by atoms with E-state index in [2.05, 4.69) is 51.3 Å². The number of carbonyl (C=O) groups excluding carboxylic acids is 1. The van der Waals surface area contributed by atoms with Gasteiger partial charge in [-0.15, -0.1) is 0 Å². The largest absolute Gasteiger partial charge is 0.487 e. The van der Waals surface area contributed by atoms with E-state index < -0.39 is 12.3 Å². The molecule has 5 rings (SSSR count). The Labute approximate surface area is 238 Å². The molecule has 3 aliphatic rings. The molecule has 2 fully saturated rings. The van der Waals surface area contributed by atoms with Crippen molar-refractivity contribution in [1.82, 2.24) is 26.2 Å². The number of nitrogens with one attached hydrogen (secondary N) is 4. The number of carbonyl (C=O) groups is 1. The van der Waals surface area contributed by atoms with Gasteiger partial charge in [-0.2, -0.15) is 0 Å². The lowest BCUT2D eigenvalue weighted by molar-refractivity contribution is -0.118. The zero-order chi connectivity index (χ0) is 27.8. The van der Waals surface area contributed by atoms with Gasteiger partial charge in [0.1, 0.15) is 17.5 Å². The summed E-state index contributed by atoms with van der Waals surface area (Å²) in [5.74, 6) is 0.736. The quantitative estimate of drug-likeness (QED) is 0.218. The van der Waals surface area contributed by atoms with Gasteiger partial charge in [-0.05, 0) is 49.3 Å². The molecule has 1 spiro atoms. The van der Waals surface area contributed by atoms with Crippen LogP contribution in [-0.2, 0) is 17.8 Å². The molecular weight excluding hydrogens is 502 g/mol. The van der Waals surface area contributed by atoms with E-state index >= 15 is 0 Å². The number of nitrogens with zero attached hydrogens (tertiary/aromatic N) is 1. The Bertz CT molecular complexity index is 1130. The summed E-state index contributed by atoms with van der Waals surface area (Å²) in [6.07, 6.45) is 8.34. The Hall–Kier alpha value is -2.91. The number of ether oxygens (including phenoxy) is 1. The summed E-state index contributed by atoms with van der Waals surface area (Å²) in [6.45, 7) is 6.61. The first-order valence-corrected chi connectivity index (χ1v) is 15.0. The molecule has 8 nitrogen and oxygen atoms in total. The predicted molar refractivity (Wildman–Crippen MR) is 158 cm³/mol. The molecule has 0 unspecified atom stereocenters. The van der Waals surface area contributed by atoms with Crippen LogP contribution in [0.3, 0.4) is 0 Å². The van der Waals surface area contributed by atoms with E-state index in [1.807, 2.05) is 36.5 Å². The Morgan fingerprint density at radius 3 is 2.67 bits per heavy atom. The SMILES string of the molecule is CCc1ccc2c(c1)[C@H](NC[C@@H](O)[C@H](NCc1ccccc1)NC(=O)/C=C/N1CCNCC1)CC1(CCCC1)O2. The van der Waals surface area contributed by atoms with Gasteiger partial charge >= 0.3 is 0 Å². The topological polar surface area (TPSA) is 97.9 Å². The summed E-state index contributed by atoms with van der Waals surface area (Å²) in [4.78, 5) is 15.0. The maximum absolute atomic E-state index is 12.9. The minimum Gasteiger partial charge on any atom is -0.487 e. The molecule has 1 aliphatic carbocycles. The molecule has 2 aromatic carbocycles. The van der Waals surface area contributed by atoms with E-state index in [1.54, 1.807) is 6.08 Å². The van der Waals surface area contributed by atoms with Crippen LogP contribution < -0.4 is 26.0 Å². The van der Waals surface area contributed by atoms with E-state index in [-0.39, 0.29) is 17.6 Å². The first-order chi connectivity index (χ1) is 19.5. The second kappa shape index (κ2) is 13.6. The van der Waals surface area contributed by atoms with Gasteiger partial charge in [-0.1, -0.05) is 49.4 Å². The highest BCUT2D eigenvalue weighted by Gasteiger charge is 2.43. The summed E-state index contributed by atoms with van der Waals surface area (Å²) < 4.78 is 6.59. The van der Waals surface area contributed by atoms with Crippen molar-refractivity contribution in [2.24, 2.45) is 0 Å². The zero-order valence-corrected chi connectivity index (χ0v) is 23.7. The van der Waals surface area contributed by atoms with Crippen molar-refractivity contribution < 1.29 is 14.6 Å². The van der Waals surface area contributed by atoms with E-state index in [9.17, 15) is 9.90 Å². The minimum absolute atomic E-state index is 0.0843. The number of amides is 1. The van der Waals surface area contributed by atoms with Gasteiger partial charge in [-0.25, -0.2) is 0 Å². The number of aryl methyl sites for hydroxylation is 1. The van der Waals surface area contributed by atoms with Crippen LogP contribution in [0.25, 0.3) is 0 Å². The number of aliphatic hydroxyl groups excluding tert-OH is 1. The molecule has 1 amide bonds. The summed E-state index contributed by atoms with van der Waals surface area (Å²) in [7, 11) is 0. The average Bonchev–Trinajstić information content (AvgIpc) is 3.44. The fourth-order valence-corrected chi connectivity index (χ4v) is 6.14. The number of benzene rings is 2. The third kappa shape index (κ3) is 7.43. The van der Waals surface area contributed by atoms with Gasteiger partial charge < -0.3 is 30.7 Å². The highest BCUT2D eigenvalue weighted by molar-refractivity contribution is 5.87. The van der Waals surface area contributed by atoms with Gasteiger partial charge in [0.05, 0.1) is 6.10 Å². The summed E-state index contributed by atoms with van der Waals surface area (Å²) in [5.41, 5.74) is 3.41. The molecule has 2 aliphatic heterocycles. The second-order valence-electron chi connectivity index (χ2n) is 11.4. The predicted octanol–water partition coefficient (Wildman–Crippen LogP) is 2.99. The molecule has 0 bridgehead atoms. The smallest absolute Gasteiger partial charge is 0.246 e. The molecule has 2 aromatic rings. The standard InChI is InChI=1S/C32H45N5O3/c1-2-24-10-11-29-26(20-24)27(21-32(40-29)13-6-7-14-32)34-23-28(38)31(35-22-25-8-4-3-5-9-25)36-30(39)12-17-37-18-15-33-16-19-37/h3-5,8-12,17,20,27-28,31,33-35,38H,2,6-7,13-16,18-19,21-23H2,1H3,(H,36,39)/b17-12+/t27-,28-,31-/m1/s1. The van der Waals surface area contributed by atoms with Crippen LogP contribution in [0.5, 0.6) is 5.75 Å². The second-order valence-corrected chi connectivity index (χ2v) is 11.4. The highest BCUT2D eigenvalue weighted by Crippen LogP contribution is 2.47. The van der Waals surface area contributed by atoms with Gasteiger partial charge in [0.2, 0.25) is 5.91 Å². The first kappa shape index (κ1) is 28.6. The fraction of sp³-hybridized carbons (Fsp3) is 0.531. The summed E-state index contributed by atoms with van der Waals surface area (Å²) in [6, 6.07) is 16.6. The van der Waals surface area contributed by atoms with Gasteiger partial charge in [0.25, 0.3) is 0 Å². The van der Waals surface area contributed by atoms with E-state index in [1.165, 1.54) is 24.0 Å². The third-order valence-corrected chi connectivity index (χ3v) is 8.49. The summed E-state index contributed by atoms with van der Waals surface area (Å²) >= 11 is 0. The molecule has 216 valence electrons. The molecule has 2 heterocycles. The minimum atomic E-state index is -0.833.